The Labute approximate surface area is 198 Å². The third-order valence-corrected chi connectivity index (χ3v) is 4.78. The molecule has 3 N–H and O–H groups in total. The lowest BCUT2D eigenvalue weighted by atomic mass is 10.1. The summed E-state index contributed by atoms with van der Waals surface area (Å²) in [5.41, 5.74) is 2.68. The van der Waals surface area contributed by atoms with Crippen molar-refractivity contribution in [3.63, 3.8) is 0 Å². The van der Waals surface area contributed by atoms with Gasteiger partial charge in [0.15, 0.2) is 6.61 Å². The quantitative estimate of drug-likeness (QED) is 0.292. The topological polar surface area (TPSA) is 106 Å². The zero-order valence-corrected chi connectivity index (χ0v) is 19.4. The van der Waals surface area contributed by atoms with Gasteiger partial charge in [0, 0.05) is 11.8 Å². The minimum atomic E-state index is -0.416. The molecule has 0 aliphatic carbocycles. The van der Waals surface area contributed by atoms with Crippen molar-refractivity contribution in [1.82, 2.24) is 0 Å². The lowest BCUT2D eigenvalue weighted by molar-refractivity contribution is -0.140. The number of phenolic OH excluding ortho intramolecular Hbond substituents is 1. The number of phenols is 1. The van der Waals surface area contributed by atoms with Gasteiger partial charge in [-0.25, -0.2) is 0 Å². The second-order valence-corrected chi connectivity index (χ2v) is 7.53. The minimum Gasteiger partial charge on any atom is -0.506 e. The van der Waals surface area contributed by atoms with Gasteiger partial charge in [0.05, 0.1) is 12.3 Å². The molecule has 1 amide bonds. The fourth-order valence-corrected chi connectivity index (χ4v) is 3.25. The lowest BCUT2D eigenvalue weighted by Crippen LogP contribution is -2.20. The fourth-order valence-electron chi connectivity index (χ4n) is 3.25. The number of nitrogens with one attached hydrogen (secondary N) is 2. The third kappa shape index (κ3) is 6.90. The molecular weight excluding hydrogens is 436 g/mol. The van der Waals surface area contributed by atoms with Gasteiger partial charge in [-0.2, -0.15) is 0 Å². The molecule has 0 aliphatic heterocycles. The Morgan fingerprint density at radius 1 is 0.941 bits per heavy atom. The van der Waals surface area contributed by atoms with Crippen LogP contribution in [-0.4, -0.2) is 36.7 Å². The van der Waals surface area contributed by atoms with Crippen molar-refractivity contribution in [2.45, 2.75) is 20.8 Å². The Hall–Kier alpha value is -4.20. The molecule has 3 rings (SSSR count). The van der Waals surface area contributed by atoms with Crippen LogP contribution in [0.4, 0.5) is 11.4 Å². The maximum Gasteiger partial charge on any atom is 0.325 e. The van der Waals surface area contributed by atoms with Crippen molar-refractivity contribution in [2.75, 3.05) is 30.4 Å². The zero-order valence-electron chi connectivity index (χ0n) is 19.4. The Kier molecular flexibility index (Phi) is 8.34. The van der Waals surface area contributed by atoms with E-state index in [1.54, 1.807) is 31.2 Å². The molecule has 0 aromatic heterocycles. The van der Waals surface area contributed by atoms with Crippen molar-refractivity contribution in [3.8, 4) is 23.0 Å². The smallest absolute Gasteiger partial charge is 0.325 e. The number of hydrogen-bond acceptors (Lipinski definition) is 7. The lowest BCUT2D eigenvalue weighted by Gasteiger charge is -2.16. The van der Waals surface area contributed by atoms with Gasteiger partial charge in [-0.15, -0.1) is 0 Å². The van der Waals surface area contributed by atoms with Crippen LogP contribution in [0.5, 0.6) is 23.0 Å². The first-order chi connectivity index (χ1) is 16.4. The van der Waals surface area contributed by atoms with E-state index < -0.39 is 5.91 Å². The first kappa shape index (κ1) is 24.4. The molecular formula is C26H28N2O6. The number of hydrogen-bond donors (Lipinski definition) is 3. The van der Waals surface area contributed by atoms with Crippen molar-refractivity contribution in [1.29, 1.82) is 0 Å². The van der Waals surface area contributed by atoms with Crippen molar-refractivity contribution in [3.05, 3.63) is 71.8 Å². The van der Waals surface area contributed by atoms with Crippen LogP contribution in [0.3, 0.4) is 0 Å². The molecule has 0 aliphatic rings. The van der Waals surface area contributed by atoms with E-state index in [1.165, 1.54) is 6.07 Å². The molecule has 0 spiro atoms. The number of carbonyl (C=O) groups is 2. The Bertz CT molecular complexity index is 1120. The zero-order chi connectivity index (χ0) is 24.5. The van der Waals surface area contributed by atoms with Gasteiger partial charge in [-0.1, -0.05) is 18.2 Å². The molecule has 0 unspecified atom stereocenters. The van der Waals surface area contributed by atoms with Crippen LogP contribution < -0.4 is 20.1 Å². The predicted octanol–water partition coefficient (Wildman–Crippen LogP) is 4.79. The summed E-state index contributed by atoms with van der Waals surface area (Å²) in [5.74, 6) is 0.816. The SMILES string of the molecule is CCOC(=O)CNc1cc(C)c(Oc2ccc(O)c(NC(=O)COc3ccccc3)c2)c(C)c1. The monoisotopic (exact) mass is 464 g/mol. The molecule has 3 aromatic carbocycles. The van der Waals surface area contributed by atoms with E-state index in [2.05, 4.69) is 10.6 Å². The molecule has 0 saturated carbocycles. The number of ether oxygens (including phenoxy) is 3. The van der Waals surface area contributed by atoms with Crippen LogP contribution in [0.25, 0.3) is 0 Å². The van der Waals surface area contributed by atoms with Crippen molar-refractivity contribution in [2.24, 2.45) is 0 Å². The van der Waals surface area contributed by atoms with Crippen LogP contribution in [0.1, 0.15) is 18.1 Å². The van der Waals surface area contributed by atoms with Crippen LogP contribution in [0.15, 0.2) is 60.7 Å². The van der Waals surface area contributed by atoms with Crippen LogP contribution in [0.2, 0.25) is 0 Å². The highest BCUT2D eigenvalue weighted by atomic mass is 16.5. The van der Waals surface area contributed by atoms with Gasteiger partial charge >= 0.3 is 5.97 Å². The number of aryl methyl sites for hydroxylation is 2. The van der Waals surface area contributed by atoms with Gasteiger partial charge in [0.25, 0.3) is 5.91 Å². The molecule has 0 saturated heterocycles. The summed E-state index contributed by atoms with van der Waals surface area (Å²) < 4.78 is 16.4. The van der Waals surface area contributed by atoms with Gasteiger partial charge in [-0.3, -0.25) is 9.59 Å². The summed E-state index contributed by atoms with van der Waals surface area (Å²) >= 11 is 0. The number of amides is 1. The summed E-state index contributed by atoms with van der Waals surface area (Å²) in [6.45, 7) is 5.75. The molecule has 0 fully saturated rings. The van der Waals surface area contributed by atoms with Gasteiger partial charge in [0.1, 0.15) is 29.5 Å². The van der Waals surface area contributed by atoms with E-state index in [0.29, 0.717) is 23.9 Å². The van der Waals surface area contributed by atoms with E-state index >= 15 is 0 Å². The summed E-state index contributed by atoms with van der Waals surface area (Å²) in [4.78, 5) is 23.9. The third-order valence-electron chi connectivity index (χ3n) is 4.78. The number of para-hydroxylation sites is 1. The number of aromatic hydroxyl groups is 1. The van der Waals surface area contributed by atoms with E-state index in [1.807, 2.05) is 44.2 Å². The number of rotatable bonds is 10. The fraction of sp³-hybridized carbons (Fsp3) is 0.231. The molecule has 8 nitrogen and oxygen atoms in total. The van der Waals surface area contributed by atoms with Crippen LogP contribution >= 0.6 is 0 Å². The molecule has 178 valence electrons. The minimum absolute atomic E-state index is 0.0714. The summed E-state index contributed by atoms with van der Waals surface area (Å²) in [6.07, 6.45) is 0. The van der Waals surface area contributed by atoms with Gasteiger partial charge < -0.3 is 30.0 Å². The highest BCUT2D eigenvalue weighted by Gasteiger charge is 2.13. The largest absolute Gasteiger partial charge is 0.506 e. The second-order valence-electron chi connectivity index (χ2n) is 7.53. The second kappa shape index (κ2) is 11.6. The van der Waals surface area contributed by atoms with Crippen molar-refractivity contribution >= 4 is 23.3 Å². The van der Waals surface area contributed by atoms with Gasteiger partial charge in [-0.05, 0) is 68.3 Å². The first-order valence-electron chi connectivity index (χ1n) is 10.8. The van der Waals surface area contributed by atoms with E-state index in [-0.39, 0.29) is 30.6 Å². The highest BCUT2D eigenvalue weighted by molar-refractivity contribution is 5.93. The van der Waals surface area contributed by atoms with Gasteiger partial charge in [0.2, 0.25) is 0 Å². The maximum atomic E-state index is 12.3. The van der Waals surface area contributed by atoms with E-state index in [4.69, 9.17) is 14.2 Å². The van der Waals surface area contributed by atoms with Crippen LogP contribution in [-0.2, 0) is 14.3 Å². The van der Waals surface area contributed by atoms with E-state index in [9.17, 15) is 14.7 Å². The van der Waals surface area contributed by atoms with Crippen molar-refractivity contribution < 1.29 is 28.9 Å². The normalized spacial score (nSPS) is 10.3. The molecule has 0 heterocycles. The average molecular weight is 465 g/mol. The Morgan fingerprint density at radius 2 is 1.65 bits per heavy atom. The number of esters is 1. The molecule has 3 aromatic rings. The maximum absolute atomic E-state index is 12.3. The Morgan fingerprint density at radius 3 is 2.32 bits per heavy atom. The first-order valence-corrected chi connectivity index (χ1v) is 10.8. The average Bonchev–Trinajstić information content (AvgIpc) is 2.81. The molecule has 0 bridgehead atoms. The number of anilines is 2. The molecule has 34 heavy (non-hydrogen) atoms. The molecule has 0 atom stereocenters. The number of carbonyl (C=O) groups excluding carboxylic acids is 2. The molecule has 8 heteroatoms. The summed E-state index contributed by atoms with van der Waals surface area (Å²) in [5, 5.41) is 15.8. The molecule has 0 radical (unpaired) electrons. The van der Waals surface area contributed by atoms with E-state index in [0.717, 1.165) is 16.8 Å². The number of benzene rings is 3. The standard InChI is InChI=1S/C26H28N2O6/c1-4-32-25(31)15-27-19-12-17(2)26(18(3)13-19)34-21-10-11-23(29)22(14-21)28-24(30)16-33-20-8-6-5-7-9-20/h5-14,27,29H,4,15-16H2,1-3H3,(H,28,30). The van der Waals surface area contributed by atoms with Crippen LogP contribution in [0, 0.1) is 13.8 Å². The predicted molar refractivity (Wildman–Crippen MR) is 130 cm³/mol. The Balaban J connectivity index is 1.66. The summed E-state index contributed by atoms with van der Waals surface area (Å²) in [7, 11) is 0. The summed E-state index contributed by atoms with van der Waals surface area (Å²) in [6, 6.07) is 17.3. The highest BCUT2D eigenvalue weighted by Crippen LogP contribution is 2.35.